The van der Waals surface area contributed by atoms with Crippen molar-refractivity contribution in [3.8, 4) is 39.8 Å². The second-order valence-corrected chi connectivity index (χ2v) is 6.64. The Labute approximate surface area is 171 Å². The van der Waals surface area contributed by atoms with Gasteiger partial charge in [0.2, 0.25) is 11.7 Å². The fourth-order valence-electron chi connectivity index (χ4n) is 3.38. The van der Waals surface area contributed by atoms with Gasteiger partial charge in [0.05, 0.1) is 32.7 Å². The van der Waals surface area contributed by atoms with Crippen LogP contribution in [-0.4, -0.2) is 31.3 Å². The Bertz CT molecular complexity index is 950. The molecule has 0 aliphatic rings. The zero-order chi connectivity index (χ0) is 20.8. The smallest absolute Gasteiger partial charge is 0.221 e. The molecule has 0 amide bonds. The number of benzene rings is 2. The number of methoxy groups -OCH3 is 3. The summed E-state index contributed by atoms with van der Waals surface area (Å²) in [5.41, 5.74) is 10.7. The van der Waals surface area contributed by atoms with Gasteiger partial charge < -0.3 is 19.9 Å². The van der Waals surface area contributed by atoms with Crippen molar-refractivity contribution in [3.05, 3.63) is 48.0 Å². The molecule has 2 aromatic carbocycles. The maximum atomic E-state index is 6.12. The molecule has 29 heavy (non-hydrogen) atoms. The van der Waals surface area contributed by atoms with E-state index in [1.807, 2.05) is 42.5 Å². The Kier molecular flexibility index (Phi) is 6.54. The normalized spacial score (nSPS) is 10.6. The minimum atomic E-state index is 0.229. The van der Waals surface area contributed by atoms with Gasteiger partial charge in [-0.05, 0) is 25.0 Å². The van der Waals surface area contributed by atoms with Crippen molar-refractivity contribution in [3.63, 3.8) is 0 Å². The van der Waals surface area contributed by atoms with E-state index in [9.17, 15) is 0 Å². The highest BCUT2D eigenvalue weighted by molar-refractivity contribution is 5.77. The van der Waals surface area contributed by atoms with Gasteiger partial charge in [-0.1, -0.05) is 43.7 Å². The largest absolute Gasteiger partial charge is 0.493 e. The maximum absolute atomic E-state index is 6.12. The molecule has 1 heterocycles. The van der Waals surface area contributed by atoms with E-state index in [-0.39, 0.29) is 5.95 Å². The monoisotopic (exact) mass is 393 g/mol. The van der Waals surface area contributed by atoms with E-state index < -0.39 is 0 Å². The summed E-state index contributed by atoms with van der Waals surface area (Å²) in [6, 6.07) is 13.8. The molecule has 3 aromatic rings. The lowest BCUT2D eigenvalue weighted by molar-refractivity contribution is 0.324. The van der Waals surface area contributed by atoms with Crippen LogP contribution in [0.5, 0.6) is 17.2 Å². The summed E-state index contributed by atoms with van der Waals surface area (Å²) in [6.45, 7) is 2.17. The zero-order valence-electron chi connectivity index (χ0n) is 17.4. The zero-order valence-corrected chi connectivity index (χ0v) is 17.4. The van der Waals surface area contributed by atoms with Crippen molar-refractivity contribution >= 4 is 5.95 Å². The van der Waals surface area contributed by atoms with E-state index in [0.717, 1.165) is 47.3 Å². The number of unbranched alkanes of at least 4 members (excludes halogenated alkanes) is 1. The standard InChI is InChI=1S/C23H27N3O3/c1-5-6-12-17-20(15-10-8-7-9-11-15)25-23(24)26-21(17)16-13-18(27-2)22(29-4)19(14-16)28-3/h7-11,13-14H,5-6,12H2,1-4H3,(H2,24,25,26). The quantitative estimate of drug-likeness (QED) is 0.594. The van der Waals surface area contributed by atoms with Gasteiger partial charge in [-0.2, -0.15) is 0 Å². The molecule has 152 valence electrons. The lowest BCUT2D eigenvalue weighted by Crippen LogP contribution is -2.06. The van der Waals surface area contributed by atoms with Crippen LogP contribution in [0, 0.1) is 0 Å². The van der Waals surface area contributed by atoms with Crippen LogP contribution >= 0.6 is 0 Å². The number of rotatable bonds is 8. The first-order chi connectivity index (χ1) is 14.1. The summed E-state index contributed by atoms with van der Waals surface area (Å²) in [6.07, 6.45) is 2.92. The topological polar surface area (TPSA) is 79.5 Å². The maximum Gasteiger partial charge on any atom is 0.221 e. The molecular weight excluding hydrogens is 366 g/mol. The summed E-state index contributed by atoms with van der Waals surface area (Å²) < 4.78 is 16.5. The van der Waals surface area contributed by atoms with E-state index in [4.69, 9.17) is 19.9 Å². The van der Waals surface area contributed by atoms with Gasteiger partial charge >= 0.3 is 0 Å². The molecule has 0 spiro atoms. The van der Waals surface area contributed by atoms with Crippen LogP contribution in [0.4, 0.5) is 5.95 Å². The first-order valence-corrected chi connectivity index (χ1v) is 9.65. The highest BCUT2D eigenvalue weighted by Gasteiger charge is 2.20. The molecule has 0 unspecified atom stereocenters. The lowest BCUT2D eigenvalue weighted by Gasteiger charge is -2.17. The molecule has 6 nitrogen and oxygen atoms in total. The van der Waals surface area contributed by atoms with E-state index in [2.05, 4.69) is 16.9 Å². The minimum Gasteiger partial charge on any atom is -0.493 e. The summed E-state index contributed by atoms with van der Waals surface area (Å²) in [4.78, 5) is 9.18. The lowest BCUT2D eigenvalue weighted by atomic mass is 9.96. The number of hydrogen-bond donors (Lipinski definition) is 1. The Morgan fingerprint density at radius 2 is 1.41 bits per heavy atom. The van der Waals surface area contributed by atoms with Gasteiger partial charge in [0, 0.05) is 16.7 Å². The van der Waals surface area contributed by atoms with E-state index in [1.54, 1.807) is 21.3 Å². The van der Waals surface area contributed by atoms with Crippen molar-refractivity contribution in [1.82, 2.24) is 9.97 Å². The highest BCUT2D eigenvalue weighted by Crippen LogP contribution is 2.42. The fraction of sp³-hybridized carbons (Fsp3) is 0.304. The third kappa shape index (κ3) is 4.26. The van der Waals surface area contributed by atoms with Crippen molar-refractivity contribution in [2.45, 2.75) is 26.2 Å². The average molecular weight is 393 g/mol. The van der Waals surface area contributed by atoms with E-state index in [1.165, 1.54) is 0 Å². The number of nitrogens with two attached hydrogens (primary N) is 1. The number of hydrogen-bond acceptors (Lipinski definition) is 6. The van der Waals surface area contributed by atoms with Crippen LogP contribution in [0.3, 0.4) is 0 Å². The fourth-order valence-corrected chi connectivity index (χ4v) is 3.38. The Balaban J connectivity index is 2.27. The van der Waals surface area contributed by atoms with Crippen LogP contribution in [-0.2, 0) is 6.42 Å². The molecular formula is C23H27N3O3. The summed E-state index contributed by atoms with van der Waals surface area (Å²) >= 11 is 0. The van der Waals surface area contributed by atoms with Crippen molar-refractivity contribution < 1.29 is 14.2 Å². The molecule has 6 heteroatoms. The Morgan fingerprint density at radius 1 is 0.828 bits per heavy atom. The molecule has 3 rings (SSSR count). The van der Waals surface area contributed by atoms with Gasteiger partial charge in [-0.25, -0.2) is 9.97 Å². The van der Waals surface area contributed by atoms with Crippen molar-refractivity contribution in [2.24, 2.45) is 0 Å². The molecule has 1 aromatic heterocycles. The van der Waals surface area contributed by atoms with Gasteiger partial charge in [0.15, 0.2) is 11.5 Å². The summed E-state index contributed by atoms with van der Waals surface area (Å²) in [5, 5.41) is 0. The molecule has 0 atom stereocenters. The first kappa shape index (κ1) is 20.5. The summed E-state index contributed by atoms with van der Waals surface area (Å²) in [5.74, 6) is 1.91. The van der Waals surface area contributed by atoms with Crippen molar-refractivity contribution in [2.75, 3.05) is 27.1 Å². The number of aromatic nitrogens is 2. The molecule has 0 aliphatic carbocycles. The second-order valence-electron chi connectivity index (χ2n) is 6.64. The third-order valence-corrected chi connectivity index (χ3v) is 4.79. The number of nitrogen functional groups attached to an aromatic ring is 1. The van der Waals surface area contributed by atoms with Gasteiger partial charge in [-0.15, -0.1) is 0 Å². The number of ether oxygens (including phenoxy) is 3. The molecule has 0 aliphatic heterocycles. The highest BCUT2D eigenvalue weighted by atomic mass is 16.5. The van der Waals surface area contributed by atoms with Crippen molar-refractivity contribution in [1.29, 1.82) is 0 Å². The first-order valence-electron chi connectivity index (χ1n) is 9.65. The van der Waals surface area contributed by atoms with Gasteiger partial charge in [-0.3, -0.25) is 0 Å². The minimum absolute atomic E-state index is 0.229. The van der Waals surface area contributed by atoms with Crippen LogP contribution < -0.4 is 19.9 Å². The van der Waals surface area contributed by atoms with Gasteiger partial charge in [0.25, 0.3) is 0 Å². The van der Waals surface area contributed by atoms with E-state index >= 15 is 0 Å². The molecule has 2 N–H and O–H groups in total. The molecule has 0 bridgehead atoms. The predicted octanol–water partition coefficient (Wildman–Crippen LogP) is 4.76. The second kappa shape index (κ2) is 9.28. The Hall–Kier alpha value is -3.28. The molecule has 0 saturated heterocycles. The van der Waals surface area contributed by atoms with E-state index in [0.29, 0.717) is 17.2 Å². The third-order valence-electron chi connectivity index (χ3n) is 4.79. The molecule has 0 radical (unpaired) electrons. The number of nitrogens with zero attached hydrogens (tertiary/aromatic N) is 2. The van der Waals surface area contributed by atoms with Crippen LogP contribution in [0.25, 0.3) is 22.5 Å². The van der Waals surface area contributed by atoms with Crippen LogP contribution in [0.1, 0.15) is 25.3 Å². The molecule has 0 saturated carbocycles. The predicted molar refractivity (Wildman–Crippen MR) is 116 cm³/mol. The average Bonchev–Trinajstić information content (AvgIpc) is 2.77. The Morgan fingerprint density at radius 3 is 1.93 bits per heavy atom. The molecule has 0 fully saturated rings. The van der Waals surface area contributed by atoms with Gasteiger partial charge in [0.1, 0.15) is 0 Å². The van der Waals surface area contributed by atoms with Crippen LogP contribution in [0.15, 0.2) is 42.5 Å². The van der Waals surface area contributed by atoms with Crippen LogP contribution in [0.2, 0.25) is 0 Å². The summed E-state index contributed by atoms with van der Waals surface area (Å²) in [7, 11) is 4.79. The SMILES string of the molecule is CCCCc1c(-c2ccccc2)nc(N)nc1-c1cc(OC)c(OC)c(OC)c1. The number of anilines is 1.